The van der Waals surface area contributed by atoms with Gasteiger partial charge in [-0.05, 0) is 96.3 Å². The first-order valence-corrected chi connectivity index (χ1v) is 28.1. The third-order valence-corrected chi connectivity index (χ3v) is 11.5. The van der Waals surface area contributed by atoms with E-state index < -0.39 is 6.10 Å². The molecule has 0 amide bonds. The fraction of sp³-hybridized carbons (Fsp3) is 0.651. The molecule has 68 heavy (non-hydrogen) atoms. The van der Waals surface area contributed by atoms with Gasteiger partial charge in [0.2, 0.25) is 0 Å². The number of allylic oxidation sites excluding steroid dienone is 20. The van der Waals surface area contributed by atoms with E-state index in [1.54, 1.807) is 0 Å². The normalized spacial score (nSPS) is 13.2. The topological polar surface area (TPSA) is 61.8 Å². The molecule has 0 saturated heterocycles. The van der Waals surface area contributed by atoms with E-state index in [0.717, 1.165) is 83.5 Å². The minimum absolute atomic E-state index is 0.0942. The zero-order chi connectivity index (χ0) is 49.2. The van der Waals surface area contributed by atoms with Gasteiger partial charge < -0.3 is 14.2 Å². The highest BCUT2D eigenvalue weighted by Crippen LogP contribution is 2.14. The molecule has 0 bridgehead atoms. The number of esters is 2. The molecular formula is C63H104O5. The Balaban J connectivity index is 4.47. The molecule has 0 radical (unpaired) electrons. The van der Waals surface area contributed by atoms with Gasteiger partial charge in [0.25, 0.3) is 0 Å². The van der Waals surface area contributed by atoms with Crippen LogP contribution in [0.5, 0.6) is 0 Å². The second kappa shape index (κ2) is 57.6. The smallest absolute Gasteiger partial charge is 0.306 e. The van der Waals surface area contributed by atoms with Gasteiger partial charge in [0, 0.05) is 19.4 Å². The van der Waals surface area contributed by atoms with Gasteiger partial charge in [-0.15, -0.1) is 0 Å². The second-order valence-corrected chi connectivity index (χ2v) is 18.1. The monoisotopic (exact) mass is 941 g/mol. The van der Waals surface area contributed by atoms with E-state index in [4.69, 9.17) is 14.2 Å². The molecule has 0 N–H and O–H groups in total. The second-order valence-electron chi connectivity index (χ2n) is 18.1. The number of carbonyl (C=O) groups is 2. The molecule has 0 saturated carbocycles. The van der Waals surface area contributed by atoms with Crippen LogP contribution < -0.4 is 0 Å². The minimum atomic E-state index is -0.460. The maximum atomic E-state index is 12.6. The predicted molar refractivity (Wildman–Crippen MR) is 297 cm³/mol. The van der Waals surface area contributed by atoms with Crippen LogP contribution in [0.15, 0.2) is 122 Å². The van der Waals surface area contributed by atoms with Crippen LogP contribution in [0.3, 0.4) is 0 Å². The molecule has 5 nitrogen and oxygen atoms in total. The lowest BCUT2D eigenvalue weighted by Crippen LogP contribution is -2.29. The van der Waals surface area contributed by atoms with Gasteiger partial charge in [-0.3, -0.25) is 9.59 Å². The van der Waals surface area contributed by atoms with Gasteiger partial charge >= 0.3 is 11.9 Å². The van der Waals surface area contributed by atoms with E-state index in [1.807, 2.05) is 6.08 Å². The van der Waals surface area contributed by atoms with E-state index in [9.17, 15) is 9.59 Å². The highest BCUT2D eigenvalue weighted by Gasteiger charge is 2.15. The molecule has 0 aromatic rings. The number of hydrogen-bond donors (Lipinski definition) is 0. The maximum Gasteiger partial charge on any atom is 0.306 e. The largest absolute Gasteiger partial charge is 0.463 e. The van der Waals surface area contributed by atoms with Gasteiger partial charge in [-0.25, -0.2) is 0 Å². The Hall–Kier alpha value is -3.70. The number of rotatable bonds is 50. The van der Waals surface area contributed by atoms with Crippen molar-refractivity contribution in [3.8, 4) is 0 Å². The molecule has 0 unspecified atom stereocenters. The van der Waals surface area contributed by atoms with Crippen molar-refractivity contribution in [1.29, 1.82) is 0 Å². The van der Waals surface area contributed by atoms with Crippen LogP contribution in [0.25, 0.3) is 0 Å². The van der Waals surface area contributed by atoms with Crippen LogP contribution in [0.4, 0.5) is 0 Å². The first-order chi connectivity index (χ1) is 33.6. The highest BCUT2D eigenvalue weighted by atomic mass is 16.6. The van der Waals surface area contributed by atoms with Crippen LogP contribution in [-0.2, 0) is 23.8 Å². The first kappa shape index (κ1) is 64.3. The highest BCUT2D eigenvalue weighted by molar-refractivity contribution is 5.70. The van der Waals surface area contributed by atoms with Crippen LogP contribution in [0.1, 0.15) is 239 Å². The molecule has 0 spiro atoms. The number of hydrogen-bond acceptors (Lipinski definition) is 5. The van der Waals surface area contributed by atoms with E-state index >= 15 is 0 Å². The molecule has 0 aliphatic heterocycles. The molecule has 1 atom stereocenters. The number of carbonyl (C=O) groups excluding carboxylic acids is 2. The predicted octanol–water partition coefficient (Wildman–Crippen LogP) is 19.3. The number of ether oxygens (including phenoxy) is 3. The van der Waals surface area contributed by atoms with Crippen molar-refractivity contribution in [2.45, 2.75) is 245 Å². The Kier molecular flexibility index (Phi) is 54.5. The van der Waals surface area contributed by atoms with Crippen molar-refractivity contribution in [2.24, 2.45) is 0 Å². The summed E-state index contributed by atoms with van der Waals surface area (Å²) in [5.41, 5.74) is 0. The molecule has 0 aromatic heterocycles. The molecule has 0 aliphatic rings. The van der Waals surface area contributed by atoms with Crippen molar-refractivity contribution >= 4 is 11.9 Å². The third kappa shape index (κ3) is 54.9. The summed E-state index contributed by atoms with van der Waals surface area (Å²) in [5, 5.41) is 0. The fourth-order valence-corrected chi connectivity index (χ4v) is 7.33. The van der Waals surface area contributed by atoms with Crippen molar-refractivity contribution in [2.75, 3.05) is 19.8 Å². The first-order valence-electron chi connectivity index (χ1n) is 28.1. The lowest BCUT2D eigenvalue weighted by Gasteiger charge is -2.18. The number of unbranched alkanes of at least 4 members (excludes halogenated alkanes) is 19. The zero-order valence-electron chi connectivity index (χ0n) is 44.3. The van der Waals surface area contributed by atoms with Crippen molar-refractivity contribution in [3.05, 3.63) is 122 Å². The summed E-state index contributed by atoms with van der Waals surface area (Å²) in [6.07, 6.45) is 81.1. The van der Waals surface area contributed by atoms with Crippen molar-refractivity contribution in [3.63, 3.8) is 0 Å². The van der Waals surface area contributed by atoms with Gasteiger partial charge in [0.15, 0.2) is 0 Å². The van der Waals surface area contributed by atoms with Crippen molar-refractivity contribution in [1.82, 2.24) is 0 Å². The molecule has 0 heterocycles. The van der Waals surface area contributed by atoms with Gasteiger partial charge in [-0.2, -0.15) is 0 Å². The Bertz CT molecular complexity index is 1390. The van der Waals surface area contributed by atoms with Crippen LogP contribution in [0.2, 0.25) is 0 Å². The van der Waals surface area contributed by atoms with E-state index in [-0.39, 0.29) is 25.2 Å². The molecule has 0 aliphatic carbocycles. The van der Waals surface area contributed by atoms with Crippen LogP contribution >= 0.6 is 0 Å². The molecule has 0 rings (SSSR count). The molecule has 386 valence electrons. The summed E-state index contributed by atoms with van der Waals surface area (Å²) in [6.45, 7) is 7.44. The van der Waals surface area contributed by atoms with Crippen LogP contribution in [0, 0.1) is 0 Å². The lowest BCUT2D eigenvalue weighted by molar-refractivity contribution is -0.155. The van der Waals surface area contributed by atoms with Gasteiger partial charge in [0.1, 0.15) is 19.3 Å². The minimum Gasteiger partial charge on any atom is -0.463 e. The van der Waals surface area contributed by atoms with E-state index in [1.165, 1.54) is 116 Å². The summed E-state index contributed by atoms with van der Waals surface area (Å²) in [5.74, 6) is -0.495. The quantitative estimate of drug-likeness (QED) is 0.0345. The van der Waals surface area contributed by atoms with Gasteiger partial charge in [-0.1, -0.05) is 251 Å². The summed E-state index contributed by atoms with van der Waals surface area (Å²) in [4.78, 5) is 25.2. The standard InChI is InChI=1S/C63H104O5/c1-4-7-10-13-16-19-22-25-28-31-32-34-36-39-42-45-48-51-54-57-63(65)68-60-61(66-58-55-52-49-46-43-40-37-30-27-24-21-18-15-12-9-6-3)59-67-62(64)56-53-50-47-44-41-38-35-33-29-26-23-20-17-14-11-8-5-2/h8,11,16-17,19-20,25-26,28-29,32,34-35,38-39,42,44,47-48,51,61H,4-7,9-10,12-15,18,21-24,27,30-31,33,36-37,40-41,43,45-46,49-50,52-60H2,1-3H3/b11-8-,19-16-,20-17-,28-25-,29-26-,34-32-,38-35-,42-39-,47-44-,51-48-/t61-/m1/s1. The summed E-state index contributed by atoms with van der Waals surface area (Å²) in [7, 11) is 0. The Morgan fingerprint density at radius 2 is 0.632 bits per heavy atom. The summed E-state index contributed by atoms with van der Waals surface area (Å²) in [6, 6.07) is 0. The zero-order valence-corrected chi connectivity index (χ0v) is 44.3. The Morgan fingerprint density at radius 1 is 0.324 bits per heavy atom. The van der Waals surface area contributed by atoms with Gasteiger partial charge in [0.05, 0.1) is 0 Å². The molecule has 5 heteroatoms. The van der Waals surface area contributed by atoms with E-state index in [0.29, 0.717) is 25.9 Å². The van der Waals surface area contributed by atoms with Crippen molar-refractivity contribution < 1.29 is 23.8 Å². The molecule has 0 fully saturated rings. The average molecular weight is 942 g/mol. The summed E-state index contributed by atoms with van der Waals surface area (Å²) < 4.78 is 17.4. The van der Waals surface area contributed by atoms with Crippen LogP contribution in [-0.4, -0.2) is 37.9 Å². The molecule has 0 aromatic carbocycles. The Labute approximate surface area is 420 Å². The van der Waals surface area contributed by atoms with E-state index in [2.05, 4.69) is 136 Å². The average Bonchev–Trinajstić information content (AvgIpc) is 3.34. The fourth-order valence-electron chi connectivity index (χ4n) is 7.33. The molecular weight excluding hydrogens is 837 g/mol. The lowest BCUT2D eigenvalue weighted by atomic mass is 10.0. The Morgan fingerprint density at radius 3 is 1.03 bits per heavy atom. The third-order valence-electron chi connectivity index (χ3n) is 11.5. The SMILES string of the molecule is CC/C=C\C/C=C\C/C=C\C/C=C\C/C=C\CCCC(=O)OC[C@H](COC(=O)CC/C=C\C/C=C\C/C=C\C/C=C\C/C=C\CCCCC)OCCCCCCCCCCCCCCCCCC. The maximum absolute atomic E-state index is 12.6. The summed E-state index contributed by atoms with van der Waals surface area (Å²) >= 11 is 0.